The minimum Gasteiger partial charge on any atom is -0.352 e. The lowest BCUT2D eigenvalue weighted by atomic mass is 9.93. The smallest absolute Gasteiger partial charge is 0.319 e. The summed E-state index contributed by atoms with van der Waals surface area (Å²) in [5, 5.41) is 8.30. The molecule has 0 bridgehead atoms. The molecule has 0 aliphatic rings. The van der Waals surface area contributed by atoms with Gasteiger partial charge in [0, 0.05) is 11.9 Å². The molecule has 8 nitrogen and oxygen atoms in total. The molecule has 0 aromatic heterocycles. The number of nitrogens with two attached hydrogens (primary N) is 1. The van der Waals surface area contributed by atoms with Gasteiger partial charge in [-0.2, -0.15) is 0 Å². The van der Waals surface area contributed by atoms with E-state index in [4.69, 9.17) is 5.73 Å². The molecular formula is C23H24N4O4S. The van der Waals surface area contributed by atoms with Crippen LogP contribution in [0.2, 0.25) is 0 Å². The van der Waals surface area contributed by atoms with Gasteiger partial charge in [0.05, 0.1) is 17.0 Å². The highest BCUT2D eigenvalue weighted by molar-refractivity contribution is 7.90. The molecule has 3 rings (SSSR count). The third-order valence-electron chi connectivity index (χ3n) is 4.78. The Morgan fingerprint density at radius 3 is 1.66 bits per heavy atom. The number of urea groups is 2. The second-order valence-corrected chi connectivity index (χ2v) is 9.20. The Kier molecular flexibility index (Phi) is 7.11. The molecule has 0 heterocycles. The van der Waals surface area contributed by atoms with Crippen molar-refractivity contribution in [3.63, 3.8) is 0 Å². The van der Waals surface area contributed by atoms with Gasteiger partial charge in [0.25, 0.3) is 0 Å². The van der Waals surface area contributed by atoms with Crippen molar-refractivity contribution in [1.29, 1.82) is 0 Å². The van der Waals surface area contributed by atoms with Gasteiger partial charge in [0.2, 0.25) is 0 Å². The maximum absolute atomic E-state index is 12.8. The summed E-state index contributed by atoms with van der Waals surface area (Å²) in [6, 6.07) is 21.7. The number of primary amides is 1. The first kappa shape index (κ1) is 22.8. The fourth-order valence-electron chi connectivity index (χ4n) is 3.29. The Morgan fingerprint density at radius 1 is 0.750 bits per heavy atom. The number of carbonyl (C=O) groups is 2. The van der Waals surface area contributed by atoms with Gasteiger partial charge in [0.15, 0.2) is 9.84 Å². The van der Waals surface area contributed by atoms with E-state index in [0.29, 0.717) is 5.69 Å². The van der Waals surface area contributed by atoms with Crippen LogP contribution in [0.1, 0.15) is 23.2 Å². The van der Waals surface area contributed by atoms with Gasteiger partial charge < -0.3 is 21.7 Å². The zero-order valence-electron chi connectivity index (χ0n) is 17.4. The van der Waals surface area contributed by atoms with Gasteiger partial charge in [-0.1, -0.05) is 60.7 Å². The van der Waals surface area contributed by atoms with Crippen LogP contribution < -0.4 is 21.7 Å². The average molecular weight is 453 g/mol. The molecular weight excluding hydrogens is 428 g/mol. The van der Waals surface area contributed by atoms with Crippen LogP contribution in [0.15, 0.2) is 89.8 Å². The van der Waals surface area contributed by atoms with E-state index in [0.717, 1.165) is 17.4 Å². The summed E-state index contributed by atoms with van der Waals surface area (Å²) in [5.74, 6) is 0. The number of nitrogens with one attached hydrogen (secondary N) is 3. The summed E-state index contributed by atoms with van der Waals surface area (Å²) in [4.78, 5) is 24.7. The number of carbonyl (C=O) groups excluding carboxylic acids is 2. The van der Waals surface area contributed by atoms with E-state index in [1.165, 1.54) is 24.3 Å². The molecule has 166 valence electrons. The number of amides is 4. The summed E-state index contributed by atoms with van der Waals surface area (Å²) in [7, 11) is -3.34. The quantitative estimate of drug-likeness (QED) is 0.438. The molecule has 0 radical (unpaired) electrons. The molecule has 0 aliphatic carbocycles. The number of sulfone groups is 1. The number of benzene rings is 3. The van der Waals surface area contributed by atoms with Crippen LogP contribution in [-0.2, 0) is 9.84 Å². The van der Waals surface area contributed by atoms with Gasteiger partial charge in [-0.3, -0.25) is 0 Å². The van der Waals surface area contributed by atoms with Gasteiger partial charge >= 0.3 is 12.1 Å². The fourth-order valence-corrected chi connectivity index (χ4v) is 3.92. The van der Waals surface area contributed by atoms with E-state index >= 15 is 0 Å². The zero-order chi connectivity index (χ0) is 23.1. The van der Waals surface area contributed by atoms with Gasteiger partial charge in [0.1, 0.15) is 0 Å². The molecule has 3 aromatic rings. The van der Waals surface area contributed by atoms with Crippen LogP contribution in [0, 0.1) is 0 Å². The van der Waals surface area contributed by atoms with E-state index in [-0.39, 0.29) is 4.90 Å². The van der Waals surface area contributed by atoms with Crippen LogP contribution in [0.5, 0.6) is 0 Å². The number of rotatable bonds is 7. The molecule has 0 spiro atoms. The first-order valence-corrected chi connectivity index (χ1v) is 11.7. The van der Waals surface area contributed by atoms with E-state index in [1.807, 2.05) is 60.7 Å². The summed E-state index contributed by atoms with van der Waals surface area (Å²) in [6.07, 6.45) is 1.11. The molecule has 0 saturated carbocycles. The summed E-state index contributed by atoms with van der Waals surface area (Å²) in [5.41, 5.74) is 7.36. The minimum absolute atomic E-state index is 0.153. The van der Waals surface area contributed by atoms with E-state index in [9.17, 15) is 18.0 Å². The van der Waals surface area contributed by atoms with E-state index < -0.39 is 34.0 Å². The number of anilines is 1. The maximum atomic E-state index is 12.8. The molecule has 32 heavy (non-hydrogen) atoms. The second-order valence-electron chi connectivity index (χ2n) is 7.18. The molecule has 5 N–H and O–H groups in total. The van der Waals surface area contributed by atoms with Crippen molar-refractivity contribution >= 4 is 27.6 Å². The highest BCUT2D eigenvalue weighted by Gasteiger charge is 2.27. The lowest BCUT2D eigenvalue weighted by Gasteiger charge is -2.29. The Morgan fingerprint density at radius 2 is 1.22 bits per heavy atom. The highest BCUT2D eigenvalue weighted by atomic mass is 32.2. The average Bonchev–Trinajstić information content (AvgIpc) is 2.77. The minimum atomic E-state index is -3.34. The summed E-state index contributed by atoms with van der Waals surface area (Å²) >= 11 is 0. The van der Waals surface area contributed by atoms with Gasteiger partial charge in [-0.15, -0.1) is 0 Å². The van der Waals surface area contributed by atoms with Gasteiger partial charge in [-0.05, 0) is 35.4 Å². The normalized spacial score (nSPS) is 12.9. The van der Waals surface area contributed by atoms with Crippen LogP contribution in [0.3, 0.4) is 0 Å². The predicted molar refractivity (Wildman–Crippen MR) is 123 cm³/mol. The van der Waals surface area contributed by atoms with E-state index in [2.05, 4.69) is 16.0 Å². The second kappa shape index (κ2) is 9.97. The number of hydrogen-bond donors (Lipinski definition) is 4. The van der Waals surface area contributed by atoms with Crippen LogP contribution in [0.25, 0.3) is 0 Å². The van der Waals surface area contributed by atoms with Crippen LogP contribution in [0.4, 0.5) is 15.3 Å². The summed E-state index contributed by atoms with van der Waals surface area (Å²) < 4.78 is 23.2. The Balaban J connectivity index is 1.87. The maximum Gasteiger partial charge on any atom is 0.319 e. The SMILES string of the molecule is CS(=O)(=O)c1ccc(NC(=O)NC(c2ccccc2)C(NC(N)=O)c2ccccc2)cc1. The van der Waals surface area contributed by atoms with Gasteiger partial charge in [-0.25, -0.2) is 18.0 Å². The molecule has 2 atom stereocenters. The fraction of sp³-hybridized carbons (Fsp3) is 0.130. The van der Waals surface area contributed by atoms with Crippen molar-refractivity contribution in [2.45, 2.75) is 17.0 Å². The molecule has 4 amide bonds. The first-order valence-electron chi connectivity index (χ1n) is 9.77. The Hall–Kier alpha value is -3.85. The van der Waals surface area contributed by atoms with Crippen molar-refractivity contribution in [3.05, 3.63) is 96.1 Å². The third kappa shape index (κ3) is 6.08. The lowest BCUT2D eigenvalue weighted by molar-refractivity contribution is 0.235. The topological polar surface area (TPSA) is 130 Å². The van der Waals surface area contributed by atoms with Crippen LogP contribution in [-0.4, -0.2) is 26.7 Å². The molecule has 3 aromatic carbocycles. The molecule has 9 heteroatoms. The van der Waals surface area contributed by atoms with Crippen molar-refractivity contribution in [2.24, 2.45) is 5.73 Å². The van der Waals surface area contributed by atoms with Crippen LogP contribution >= 0.6 is 0 Å². The monoisotopic (exact) mass is 452 g/mol. The zero-order valence-corrected chi connectivity index (χ0v) is 18.2. The third-order valence-corrected chi connectivity index (χ3v) is 5.90. The molecule has 0 saturated heterocycles. The first-order chi connectivity index (χ1) is 15.2. The lowest BCUT2D eigenvalue weighted by Crippen LogP contribution is -2.43. The molecule has 2 unspecified atom stereocenters. The van der Waals surface area contributed by atoms with Crippen molar-refractivity contribution in [1.82, 2.24) is 10.6 Å². The van der Waals surface area contributed by atoms with E-state index in [1.54, 1.807) is 0 Å². The van der Waals surface area contributed by atoms with Crippen molar-refractivity contribution in [3.8, 4) is 0 Å². The van der Waals surface area contributed by atoms with Crippen molar-refractivity contribution < 1.29 is 18.0 Å². The standard InChI is InChI=1S/C23H24N4O4S/c1-32(30,31)19-14-12-18(13-15-19)25-23(29)27-21(17-10-6-3-7-11-17)20(26-22(24)28)16-8-4-2-5-9-16/h2-15,20-21H,1H3,(H3,24,26,28)(H2,25,27,29). The largest absolute Gasteiger partial charge is 0.352 e. The highest BCUT2D eigenvalue weighted by Crippen LogP contribution is 2.29. The Bertz CT molecular complexity index is 1170. The van der Waals surface area contributed by atoms with Crippen molar-refractivity contribution in [2.75, 3.05) is 11.6 Å². The Labute approximate surface area is 186 Å². The summed E-state index contributed by atoms with van der Waals surface area (Å²) in [6.45, 7) is 0. The molecule has 0 fully saturated rings. The number of hydrogen-bond acceptors (Lipinski definition) is 4. The predicted octanol–water partition coefficient (Wildman–Crippen LogP) is 3.36. The molecule has 0 aliphatic heterocycles.